The van der Waals surface area contributed by atoms with Crippen molar-refractivity contribution in [3.8, 4) is 0 Å². The first-order valence-corrected chi connectivity index (χ1v) is 4.99. The molecule has 1 unspecified atom stereocenters. The van der Waals surface area contributed by atoms with E-state index in [2.05, 4.69) is 4.98 Å². The molecule has 0 spiro atoms. The van der Waals surface area contributed by atoms with Crippen LogP contribution in [0.3, 0.4) is 0 Å². The maximum atomic E-state index is 7.25. The first kappa shape index (κ1) is 11.5. The molecule has 1 rings (SSSR count). The van der Waals surface area contributed by atoms with E-state index >= 15 is 0 Å². The Morgan fingerprint density at radius 1 is 1.67 bits per heavy atom. The molecule has 1 heterocycles. The molecule has 4 nitrogen and oxygen atoms in total. The third-order valence-corrected chi connectivity index (χ3v) is 2.44. The highest BCUT2D eigenvalue weighted by Gasteiger charge is 2.11. The lowest BCUT2D eigenvalue weighted by molar-refractivity contribution is 0.699. The number of aromatic nitrogens is 1. The molecule has 0 aliphatic heterocycles. The normalized spacial score (nSPS) is 12.2. The van der Waals surface area contributed by atoms with Gasteiger partial charge in [-0.05, 0) is 31.5 Å². The van der Waals surface area contributed by atoms with Crippen molar-refractivity contribution in [2.75, 3.05) is 11.9 Å². The largest absolute Gasteiger partial charge is 0.388 e. The minimum atomic E-state index is 0.191. The van der Waals surface area contributed by atoms with Gasteiger partial charge in [-0.2, -0.15) is 0 Å². The Kier molecular flexibility index (Phi) is 3.66. The van der Waals surface area contributed by atoms with Crippen LogP contribution in [0.4, 0.5) is 5.82 Å². The van der Waals surface area contributed by atoms with E-state index in [0.717, 1.165) is 5.82 Å². The summed E-state index contributed by atoms with van der Waals surface area (Å²) in [5, 5.41) is 7.25. The van der Waals surface area contributed by atoms with Crippen LogP contribution in [0.5, 0.6) is 0 Å². The predicted octanol–water partition coefficient (Wildman–Crippen LogP) is 1.54. The van der Waals surface area contributed by atoms with Crippen molar-refractivity contribution >= 4 is 11.7 Å². The highest BCUT2D eigenvalue weighted by atomic mass is 15.2. The fourth-order valence-corrected chi connectivity index (χ4v) is 1.39. The van der Waals surface area contributed by atoms with E-state index in [9.17, 15) is 0 Å². The SMILES string of the molecule is Cc1ccnc(N(C)C(C)CC(=N)N)c1. The van der Waals surface area contributed by atoms with Crippen LogP contribution in [0, 0.1) is 12.3 Å². The molecule has 1 atom stereocenters. The van der Waals surface area contributed by atoms with Crippen LogP contribution >= 0.6 is 0 Å². The Balaban J connectivity index is 2.75. The fourth-order valence-electron chi connectivity index (χ4n) is 1.39. The van der Waals surface area contributed by atoms with Crippen molar-refractivity contribution in [2.24, 2.45) is 5.73 Å². The summed E-state index contributed by atoms with van der Waals surface area (Å²) in [6.07, 6.45) is 2.35. The Bertz CT molecular complexity index is 348. The highest BCUT2D eigenvalue weighted by molar-refractivity contribution is 5.77. The van der Waals surface area contributed by atoms with E-state index in [1.807, 2.05) is 37.9 Å². The first-order chi connectivity index (χ1) is 7.00. The number of aryl methyl sites for hydroxylation is 1. The Hall–Kier alpha value is -1.58. The lowest BCUT2D eigenvalue weighted by Crippen LogP contribution is -2.33. The van der Waals surface area contributed by atoms with Crippen LogP contribution in [-0.4, -0.2) is 23.9 Å². The second-order valence-electron chi connectivity index (χ2n) is 3.88. The second kappa shape index (κ2) is 4.77. The first-order valence-electron chi connectivity index (χ1n) is 4.99. The van der Waals surface area contributed by atoms with Gasteiger partial charge in [0.25, 0.3) is 0 Å². The summed E-state index contributed by atoms with van der Waals surface area (Å²) in [7, 11) is 1.97. The van der Waals surface area contributed by atoms with Gasteiger partial charge in [0.15, 0.2) is 0 Å². The number of nitrogens with one attached hydrogen (secondary N) is 1. The van der Waals surface area contributed by atoms with Gasteiger partial charge >= 0.3 is 0 Å². The summed E-state index contributed by atoms with van der Waals surface area (Å²) < 4.78 is 0. The summed E-state index contributed by atoms with van der Waals surface area (Å²) >= 11 is 0. The maximum Gasteiger partial charge on any atom is 0.128 e. The van der Waals surface area contributed by atoms with Crippen LogP contribution in [0.2, 0.25) is 0 Å². The van der Waals surface area contributed by atoms with Gasteiger partial charge in [-0.15, -0.1) is 0 Å². The van der Waals surface area contributed by atoms with Crippen molar-refractivity contribution in [3.05, 3.63) is 23.9 Å². The Morgan fingerprint density at radius 2 is 2.33 bits per heavy atom. The quantitative estimate of drug-likeness (QED) is 0.580. The van der Waals surface area contributed by atoms with Crippen molar-refractivity contribution < 1.29 is 0 Å². The molecule has 15 heavy (non-hydrogen) atoms. The molecule has 0 aliphatic rings. The van der Waals surface area contributed by atoms with Gasteiger partial charge in [-0.1, -0.05) is 0 Å². The lowest BCUT2D eigenvalue weighted by Gasteiger charge is -2.25. The number of pyridine rings is 1. The fraction of sp³-hybridized carbons (Fsp3) is 0.455. The molecule has 1 aromatic heterocycles. The molecule has 0 radical (unpaired) electrons. The molecular weight excluding hydrogens is 188 g/mol. The zero-order valence-corrected chi connectivity index (χ0v) is 9.49. The van der Waals surface area contributed by atoms with Crippen molar-refractivity contribution in [3.63, 3.8) is 0 Å². The molecule has 0 aromatic carbocycles. The molecule has 0 fully saturated rings. The topological polar surface area (TPSA) is 66.0 Å². The van der Waals surface area contributed by atoms with Gasteiger partial charge in [-0.3, -0.25) is 5.41 Å². The Morgan fingerprint density at radius 3 is 2.87 bits per heavy atom. The van der Waals surface area contributed by atoms with E-state index in [1.54, 1.807) is 6.20 Å². The number of amidine groups is 1. The van der Waals surface area contributed by atoms with Gasteiger partial charge in [0, 0.05) is 25.7 Å². The van der Waals surface area contributed by atoms with E-state index < -0.39 is 0 Å². The highest BCUT2D eigenvalue weighted by Crippen LogP contribution is 2.14. The lowest BCUT2D eigenvalue weighted by atomic mass is 10.2. The average molecular weight is 206 g/mol. The molecule has 3 N–H and O–H groups in total. The standard InChI is InChI=1S/C11H18N4/c1-8-4-5-14-11(6-8)15(3)9(2)7-10(12)13/h4-6,9H,7H2,1-3H3,(H3,12,13). The van der Waals surface area contributed by atoms with Crippen LogP contribution in [0.25, 0.3) is 0 Å². The zero-order valence-electron chi connectivity index (χ0n) is 9.49. The summed E-state index contributed by atoms with van der Waals surface area (Å²) in [5.41, 5.74) is 6.56. The third kappa shape index (κ3) is 3.23. The second-order valence-corrected chi connectivity index (χ2v) is 3.88. The molecule has 0 aliphatic carbocycles. The monoisotopic (exact) mass is 206 g/mol. The smallest absolute Gasteiger partial charge is 0.128 e. The van der Waals surface area contributed by atoms with Gasteiger partial charge in [0.2, 0.25) is 0 Å². The number of rotatable bonds is 4. The number of nitrogens with zero attached hydrogens (tertiary/aromatic N) is 2. The molecule has 1 aromatic rings. The van der Waals surface area contributed by atoms with Gasteiger partial charge < -0.3 is 10.6 Å². The zero-order chi connectivity index (χ0) is 11.4. The van der Waals surface area contributed by atoms with Gasteiger partial charge in [-0.25, -0.2) is 4.98 Å². The molecule has 4 heteroatoms. The molecular formula is C11H18N4. The van der Waals surface area contributed by atoms with E-state index in [4.69, 9.17) is 11.1 Å². The third-order valence-electron chi connectivity index (χ3n) is 2.44. The molecule has 0 saturated carbocycles. The van der Waals surface area contributed by atoms with Crippen molar-refractivity contribution in [1.82, 2.24) is 4.98 Å². The summed E-state index contributed by atoms with van der Waals surface area (Å²) in [6.45, 7) is 4.07. The number of nitrogens with two attached hydrogens (primary N) is 1. The van der Waals surface area contributed by atoms with Crippen molar-refractivity contribution in [2.45, 2.75) is 26.3 Å². The van der Waals surface area contributed by atoms with Crippen LogP contribution < -0.4 is 10.6 Å². The average Bonchev–Trinajstić information content (AvgIpc) is 2.15. The van der Waals surface area contributed by atoms with Crippen molar-refractivity contribution in [1.29, 1.82) is 5.41 Å². The van der Waals surface area contributed by atoms with Crippen LogP contribution in [0.1, 0.15) is 18.9 Å². The number of hydrogen-bond donors (Lipinski definition) is 2. The van der Waals surface area contributed by atoms with Crippen LogP contribution in [-0.2, 0) is 0 Å². The minimum absolute atomic E-state index is 0.191. The van der Waals surface area contributed by atoms with E-state index in [0.29, 0.717) is 6.42 Å². The van der Waals surface area contributed by atoms with Gasteiger partial charge in [0.05, 0.1) is 5.84 Å². The number of anilines is 1. The van der Waals surface area contributed by atoms with E-state index in [-0.39, 0.29) is 11.9 Å². The number of hydrogen-bond acceptors (Lipinski definition) is 3. The van der Waals surface area contributed by atoms with E-state index in [1.165, 1.54) is 5.56 Å². The Labute approximate surface area is 90.6 Å². The summed E-state index contributed by atoms with van der Waals surface area (Å²) in [4.78, 5) is 6.32. The van der Waals surface area contributed by atoms with Crippen LogP contribution in [0.15, 0.2) is 18.3 Å². The molecule has 0 amide bonds. The predicted molar refractivity (Wildman–Crippen MR) is 63.4 cm³/mol. The summed E-state index contributed by atoms with van der Waals surface area (Å²) in [5.74, 6) is 1.13. The molecule has 82 valence electrons. The molecule has 0 bridgehead atoms. The molecule has 0 saturated heterocycles. The summed E-state index contributed by atoms with van der Waals surface area (Å²) in [6, 6.07) is 4.18. The maximum absolute atomic E-state index is 7.25. The minimum Gasteiger partial charge on any atom is -0.388 e. The van der Waals surface area contributed by atoms with Gasteiger partial charge in [0.1, 0.15) is 5.82 Å².